The topological polar surface area (TPSA) is 84.1 Å². The summed E-state index contributed by atoms with van der Waals surface area (Å²) in [5.41, 5.74) is -0.312. The Morgan fingerprint density at radius 3 is 2.81 bits per heavy atom. The molecule has 0 amide bonds. The van der Waals surface area contributed by atoms with Gasteiger partial charge in [-0.25, -0.2) is 18.1 Å². The third-order valence-corrected chi connectivity index (χ3v) is 4.37. The summed E-state index contributed by atoms with van der Waals surface area (Å²) >= 11 is 0. The minimum Gasteiger partial charge on any atom is -0.377 e. The maximum Gasteiger partial charge on any atom is 0.257 e. The Labute approximate surface area is 94.5 Å². The molecule has 0 aliphatic heterocycles. The van der Waals surface area contributed by atoms with Gasteiger partial charge in [0.2, 0.25) is 0 Å². The molecule has 0 radical (unpaired) electrons. The maximum absolute atomic E-state index is 11.8. The number of methoxy groups -OCH3 is 1. The van der Waals surface area contributed by atoms with E-state index < -0.39 is 10.0 Å². The maximum atomic E-state index is 11.8. The van der Waals surface area contributed by atoms with Crippen LogP contribution in [0.5, 0.6) is 0 Å². The second-order valence-corrected chi connectivity index (χ2v) is 5.72. The molecule has 0 spiro atoms. The summed E-state index contributed by atoms with van der Waals surface area (Å²) in [5, 5.41) is 0.0816. The number of hydrogen-bond donors (Lipinski definition) is 2. The lowest BCUT2D eigenvalue weighted by Gasteiger charge is -2.40. The lowest BCUT2D eigenvalue weighted by atomic mass is 9.80. The van der Waals surface area contributed by atoms with Crippen LogP contribution in [-0.4, -0.2) is 37.6 Å². The van der Waals surface area contributed by atoms with Crippen LogP contribution in [0.25, 0.3) is 0 Å². The normalized spacial score (nSPS) is 19.3. The molecule has 7 heteroatoms. The predicted molar refractivity (Wildman–Crippen MR) is 57.4 cm³/mol. The molecule has 1 aliphatic carbocycles. The number of ether oxygens (including phenoxy) is 1. The van der Waals surface area contributed by atoms with E-state index in [-0.39, 0.29) is 10.6 Å². The van der Waals surface area contributed by atoms with Crippen molar-refractivity contribution in [3.63, 3.8) is 0 Å². The van der Waals surface area contributed by atoms with Crippen molar-refractivity contribution >= 4 is 10.0 Å². The molecule has 2 N–H and O–H groups in total. The van der Waals surface area contributed by atoms with Crippen LogP contribution in [0.15, 0.2) is 17.6 Å². The highest BCUT2D eigenvalue weighted by molar-refractivity contribution is 7.89. The number of sulfonamides is 1. The first-order chi connectivity index (χ1) is 7.58. The predicted octanol–water partition coefficient (Wildman–Crippen LogP) is 0.257. The number of H-pyrrole nitrogens is 1. The zero-order chi connectivity index (χ0) is 11.6. The molecule has 1 aromatic rings. The van der Waals surface area contributed by atoms with E-state index in [2.05, 4.69) is 14.7 Å². The fourth-order valence-electron chi connectivity index (χ4n) is 1.72. The first-order valence-corrected chi connectivity index (χ1v) is 6.60. The van der Waals surface area contributed by atoms with Gasteiger partial charge in [0.25, 0.3) is 10.0 Å². The fraction of sp³-hybridized carbons (Fsp3) is 0.667. The summed E-state index contributed by atoms with van der Waals surface area (Å²) in [4.78, 5) is 6.25. The second kappa shape index (κ2) is 4.15. The van der Waals surface area contributed by atoms with Crippen molar-refractivity contribution in [1.82, 2.24) is 14.7 Å². The molecular weight excluding hydrogens is 230 g/mol. The number of hydrogen-bond acceptors (Lipinski definition) is 4. The SMILES string of the molecule is COC1(CNS(=O)(=O)c2cnc[nH]2)CCC1. The third kappa shape index (κ3) is 2.11. The number of rotatable bonds is 5. The van der Waals surface area contributed by atoms with Gasteiger partial charge >= 0.3 is 0 Å². The molecule has 1 fully saturated rings. The van der Waals surface area contributed by atoms with Crippen LogP contribution in [0.3, 0.4) is 0 Å². The fourth-order valence-corrected chi connectivity index (χ4v) is 2.73. The van der Waals surface area contributed by atoms with Crippen LogP contribution in [-0.2, 0) is 14.8 Å². The van der Waals surface area contributed by atoms with Gasteiger partial charge in [0.1, 0.15) is 0 Å². The monoisotopic (exact) mass is 245 g/mol. The average Bonchev–Trinajstić information content (AvgIpc) is 2.70. The van der Waals surface area contributed by atoms with Crippen molar-refractivity contribution in [2.75, 3.05) is 13.7 Å². The summed E-state index contributed by atoms with van der Waals surface area (Å²) in [6.45, 7) is 0.310. The first kappa shape index (κ1) is 11.6. The lowest BCUT2D eigenvalue weighted by Crippen LogP contribution is -2.49. The van der Waals surface area contributed by atoms with E-state index in [1.807, 2.05) is 0 Å². The Morgan fingerprint density at radius 2 is 2.38 bits per heavy atom. The van der Waals surface area contributed by atoms with Gasteiger partial charge < -0.3 is 9.72 Å². The molecule has 1 aliphatic rings. The van der Waals surface area contributed by atoms with Gasteiger partial charge in [0.15, 0.2) is 5.03 Å². The Balaban J connectivity index is 2.00. The van der Waals surface area contributed by atoms with Gasteiger partial charge in [-0.2, -0.15) is 0 Å². The summed E-state index contributed by atoms with van der Waals surface area (Å²) in [6, 6.07) is 0. The Hall–Kier alpha value is -0.920. The van der Waals surface area contributed by atoms with Crippen LogP contribution >= 0.6 is 0 Å². The molecule has 1 aromatic heterocycles. The van der Waals surface area contributed by atoms with Gasteiger partial charge in [-0.15, -0.1) is 0 Å². The zero-order valence-electron chi connectivity index (χ0n) is 9.06. The highest BCUT2D eigenvalue weighted by Gasteiger charge is 2.38. The highest BCUT2D eigenvalue weighted by Crippen LogP contribution is 2.34. The largest absolute Gasteiger partial charge is 0.377 e. The molecule has 0 bridgehead atoms. The van der Waals surface area contributed by atoms with Crippen molar-refractivity contribution in [2.24, 2.45) is 0 Å². The van der Waals surface area contributed by atoms with Gasteiger partial charge in [0, 0.05) is 13.7 Å². The third-order valence-electron chi connectivity index (χ3n) is 3.04. The molecule has 2 rings (SSSR count). The standard InChI is InChI=1S/C9H15N3O3S/c1-15-9(3-2-4-9)6-12-16(13,14)8-5-10-7-11-8/h5,7,12H,2-4,6H2,1H3,(H,10,11). The van der Waals surface area contributed by atoms with Crippen LogP contribution in [0.1, 0.15) is 19.3 Å². The number of imidazole rings is 1. The second-order valence-electron chi connectivity index (χ2n) is 3.98. The van der Waals surface area contributed by atoms with Crippen molar-refractivity contribution in [2.45, 2.75) is 29.9 Å². The summed E-state index contributed by atoms with van der Waals surface area (Å²) in [6.07, 6.45) is 5.50. The van der Waals surface area contributed by atoms with E-state index in [0.717, 1.165) is 19.3 Å². The van der Waals surface area contributed by atoms with Crippen molar-refractivity contribution in [3.8, 4) is 0 Å². The van der Waals surface area contributed by atoms with E-state index in [1.165, 1.54) is 12.5 Å². The van der Waals surface area contributed by atoms with Gasteiger partial charge in [-0.05, 0) is 19.3 Å². The number of aromatic amines is 1. The molecular formula is C9H15N3O3S. The summed E-state index contributed by atoms with van der Waals surface area (Å²) < 4.78 is 31.4. The Kier molecular flexibility index (Phi) is 3.00. The van der Waals surface area contributed by atoms with E-state index in [0.29, 0.717) is 6.54 Å². The van der Waals surface area contributed by atoms with Crippen LogP contribution in [0.2, 0.25) is 0 Å². The van der Waals surface area contributed by atoms with Crippen LogP contribution in [0.4, 0.5) is 0 Å². The van der Waals surface area contributed by atoms with Gasteiger partial charge in [-0.1, -0.05) is 0 Å². The van der Waals surface area contributed by atoms with Crippen molar-refractivity contribution in [1.29, 1.82) is 0 Å². The molecule has 0 atom stereocenters. The smallest absolute Gasteiger partial charge is 0.257 e. The molecule has 90 valence electrons. The molecule has 1 heterocycles. The van der Waals surface area contributed by atoms with Gasteiger partial charge in [-0.3, -0.25) is 0 Å². The van der Waals surface area contributed by atoms with E-state index in [1.54, 1.807) is 7.11 Å². The van der Waals surface area contributed by atoms with Crippen LogP contribution < -0.4 is 4.72 Å². The molecule has 0 saturated heterocycles. The summed E-state index contributed by atoms with van der Waals surface area (Å²) in [7, 11) is -1.87. The van der Waals surface area contributed by atoms with Crippen molar-refractivity contribution < 1.29 is 13.2 Å². The molecule has 0 unspecified atom stereocenters. The van der Waals surface area contributed by atoms with Crippen molar-refractivity contribution in [3.05, 3.63) is 12.5 Å². The zero-order valence-corrected chi connectivity index (χ0v) is 9.88. The van der Waals surface area contributed by atoms with E-state index in [9.17, 15) is 8.42 Å². The summed E-state index contributed by atoms with van der Waals surface area (Å²) in [5.74, 6) is 0. The Morgan fingerprint density at radius 1 is 1.62 bits per heavy atom. The number of aromatic nitrogens is 2. The highest BCUT2D eigenvalue weighted by atomic mass is 32.2. The Bertz CT molecular complexity index is 431. The van der Waals surface area contributed by atoms with Crippen LogP contribution in [0, 0.1) is 0 Å². The average molecular weight is 245 g/mol. The lowest BCUT2D eigenvalue weighted by molar-refractivity contribution is -0.0659. The number of nitrogens with one attached hydrogen (secondary N) is 2. The minimum atomic E-state index is -3.48. The number of nitrogens with zero attached hydrogens (tertiary/aromatic N) is 1. The van der Waals surface area contributed by atoms with Gasteiger partial charge in [0.05, 0.1) is 18.1 Å². The van der Waals surface area contributed by atoms with E-state index >= 15 is 0 Å². The van der Waals surface area contributed by atoms with E-state index in [4.69, 9.17) is 4.74 Å². The molecule has 6 nitrogen and oxygen atoms in total. The first-order valence-electron chi connectivity index (χ1n) is 5.11. The molecule has 16 heavy (non-hydrogen) atoms. The molecule has 1 saturated carbocycles. The minimum absolute atomic E-state index is 0.0816. The molecule has 0 aromatic carbocycles. The quantitative estimate of drug-likeness (QED) is 0.779.